The van der Waals surface area contributed by atoms with Gasteiger partial charge in [-0.15, -0.1) is 0 Å². The third kappa shape index (κ3) is 4.39. The Morgan fingerprint density at radius 2 is 1.94 bits per heavy atom. The highest BCUT2D eigenvalue weighted by Crippen LogP contribution is 2.20. The highest BCUT2D eigenvalue weighted by atomic mass is 79.9. The number of rotatable bonds is 5. The van der Waals surface area contributed by atoms with Crippen LogP contribution in [0.4, 0.5) is 4.39 Å². The lowest BCUT2D eigenvalue weighted by molar-refractivity contribution is -0.121. The molecule has 0 saturated heterocycles. The van der Waals surface area contributed by atoms with Gasteiger partial charge in [-0.2, -0.15) is 0 Å². The van der Waals surface area contributed by atoms with Crippen LogP contribution in [-0.4, -0.2) is 28.6 Å². The summed E-state index contributed by atoms with van der Waals surface area (Å²) in [5.41, 5.74) is 0.488. The molecule has 0 fully saturated rings. The molecule has 1 aromatic rings. The maximum atomic E-state index is 12.8. The Morgan fingerprint density at radius 3 is 2.39 bits per heavy atom. The van der Waals surface area contributed by atoms with Gasteiger partial charge in [-0.3, -0.25) is 4.79 Å². The first-order valence-corrected chi connectivity index (χ1v) is 6.70. The Labute approximate surface area is 122 Å². The number of carbonyl (C=O) groups excluding carboxylic acids is 1. The fraction of sp³-hybridized carbons (Fsp3) is 0.364. The molecule has 0 aliphatic carbocycles. The summed E-state index contributed by atoms with van der Waals surface area (Å²) in [6.45, 7) is -0.927. The third-order valence-corrected chi connectivity index (χ3v) is 3.21. The molecule has 0 spiro atoms. The van der Waals surface area contributed by atoms with Crippen molar-refractivity contribution in [3.05, 3.63) is 34.3 Å². The largest absolute Gasteiger partial charge is 0.386 e. The van der Waals surface area contributed by atoms with Crippen molar-refractivity contribution in [2.24, 2.45) is 0 Å². The zero-order valence-electron chi connectivity index (χ0n) is 9.12. The number of aliphatic hydroxyl groups is 1. The Hall–Kier alpha value is -0.360. The van der Waals surface area contributed by atoms with Crippen molar-refractivity contribution in [2.45, 2.75) is 17.0 Å². The number of nitrogens with one attached hydrogen (secondary N) is 1. The zero-order chi connectivity index (χ0) is 13.7. The lowest BCUT2D eigenvalue weighted by atomic mass is 10.0. The predicted octanol–water partition coefficient (Wildman–Crippen LogP) is 2.74. The van der Waals surface area contributed by atoms with Crippen molar-refractivity contribution in [3.63, 3.8) is 0 Å². The summed E-state index contributed by atoms with van der Waals surface area (Å²) in [6, 6.07) is 5.59. The van der Waals surface area contributed by atoms with Gasteiger partial charge in [0.05, 0.1) is 6.04 Å². The Bertz CT molecular complexity index is 403. The highest BCUT2D eigenvalue weighted by molar-refractivity contribution is 9.10. The molecule has 0 radical (unpaired) electrons. The monoisotopic (exact) mass is 357 g/mol. The van der Waals surface area contributed by atoms with Gasteiger partial charge in [0.25, 0.3) is 5.91 Å². The molecule has 100 valence electrons. The van der Waals surface area contributed by atoms with Crippen molar-refractivity contribution in [2.75, 3.05) is 6.67 Å². The average molecular weight is 359 g/mol. The average Bonchev–Trinajstić information content (AvgIpc) is 2.35. The van der Waals surface area contributed by atoms with Crippen molar-refractivity contribution in [1.29, 1.82) is 0 Å². The van der Waals surface area contributed by atoms with Crippen molar-refractivity contribution >= 4 is 45.0 Å². The van der Waals surface area contributed by atoms with E-state index in [1.54, 1.807) is 24.3 Å². The number of hydrogen-bond acceptors (Lipinski definition) is 2. The van der Waals surface area contributed by atoms with Crippen molar-refractivity contribution in [1.82, 2.24) is 5.32 Å². The van der Waals surface area contributed by atoms with Gasteiger partial charge in [0, 0.05) is 4.47 Å². The smallest absolute Gasteiger partial charge is 0.253 e. The third-order valence-electron chi connectivity index (χ3n) is 2.28. The van der Waals surface area contributed by atoms with E-state index in [-0.39, 0.29) is 0 Å². The SMILES string of the molecule is O=C(NC(CF)C(O)c1ccc(Br)cc1)C(Cl)Cl. The summed E-state index contributed by atoms with van der Waals surface area (Å²) >= 11 is 13.9. The maximum absolute atomic E-state index is 12.8. The summed E-state index contributed by atoms with van der Waals surface area (Å²) in [5, 5.41) is 12.2. The maximum Gasteiger partial charge on any atom is 0.253 e. The Morgan fingerprint density at radius 1 is 1.39 bits per heavy atom. The van der Waals surface area contributed by atoms with Gasteiger partial charge in [0.1, 0.15) is 12.8 Å². The fourth-order valence-electron chi connectivity index (χ4n) is 1.34. The Balaban J connectivity index is 2.75. The molecule has 1 aromatic carbocycles. The second-order valence-electron chi connectivity index (χ2n) is 3.57. The first-order valence-electron chi connectivity index (χ1n) is 5.03. The van der Waals surface area contributed by atoms with E-state index in [9.17, 15) is 14.3 Å². The molecular formula is C11H11BrCl2FNO2. The summed E-state index contributed by atoms with van der Waals surface area (Å²) in [4.78, 5) is 9.95. The minimum atomic E-state index is -1.30. The summed E-state index contributed by atoms with van der Waals surface area (Å²) < 4.78 is 13.7. The number of benzene rings is 1. The van der Waals surface area contributed by atoms with Gasteiger partial charge in [-0.1, -0.05) is 51.3 Å². The first-order chi connectivity index (χ1) is 8.45. The molecule has 0 aliphatic heterocycles. The lowest BCUT2D eigenvalue weighted by Crippen LogP contribution is -2.43. The van der Waals surface area contributed by atoms with Gasteiger partial charge in [0.15, 0.2) is 4.84 Å². The van der Waals surface area contributed by atoms with Crippen LogP contribution in [0, 0.1) is 0 Å². The topological polar surface area (TPSA) is 49.3 Å². The Kier molecular flexibility index (Phi) is 6.35. The molecule has 3 nitrogen and oxygen atoms in total. The van der Waals surface area contributed by atoms with Crippen molar-refractivity contribution in [3.8, 4) is 0 Å². The molecule has 2 unspecified atom stereocenters. The molecule has 0 saturated carbocycles. The van der Waals surface area contributed by atoms with E-state index >= 15 is 0 Å². The van der Waals surface area contributed by atoms with Gasteiger partial charge >= 0.3 is 0 Å². The molecule has 7 heteroatoms. The van der Waals surface area contributed by atoms with Crippen LogP contribution in [0.25, 0.3) is 0 Å². The van der Waals surface area contributed by atoms with E-state index in [1.807, 2.05) is 0 Å². The number of aliphatic hydroxyl groups excluding tert-OH is 1. The normalized spacial score (nSPS) is 14.3. The number of carbonyl (C=O) groups is 1. The van der Waals surface area contributed by atoms with Gasteiger partial charge in [0.2, 0.25) is 0 Å². The fourth-order valence-corrected chi connectivity index (χ4v) is 1.73. The van der Waals surface area contributed by atoms with Crippen LogP contribution in [0.3, 0.4) is 0 Å². The number of alkyl halides is 3. The molecule has 0 aromatic heterocycles. The van der Waals surface area contributed by atoms with E-state index in [0.29, 0.717) is 5.56 Å². The molecule has 1 amide bonds. The van der Waals surface area contributed by atoms with Crippen LogP contribution in [0.2, 0.25) is 0 Å². The van der Waals surface area contributed by atoms with E-state index in [4.69, 9.17) is 23.2 Å². The molecule has 0 bridgehead atoms. The van der Waals surface area contributed by atoms with Crippen LogP contribution in [0.1, 0.15) is 11.7 Å². The summed E-state index contributed by atoms with van der Waals surface area (Å²) in [5.74, 6) is -0.739. The second kappa shape index (κ2) is 7.28. The quantitative estimate of drug-likeness (QED) is 0.795. The van der Waals surface area contributed by atoms with Crippen LogP contribution < -0.4 is 5.32 Å². The summed E-state index contributed by atoms with van der Waals surface area (Å²) in [6.07, 6.45) is -1.17. The van der Waals surface area contributed by atoms with Crippen LogP contribution in [0.15, 0.2) is 28.7 Å². The molecule has 0 aliphatic rings. The van der Waals surface area contributed by atoms with E-state index in [2.05, 4.69) is 21.2 Å². The highest BCUT2D eigenvalue weighted by Gasteiger charge is 2.24. The van der Waals surface area contributed by atoms with Crippen LogP contribution in [-0.2, 0) is 4.79 Å². The first kappa shape index (κ1) is 15.7. The van der Waals surface area contributed by atoms with Gasteiger partial charge in [-0.25, -0.2) is 4.39 Å². The van der Waals surface area contributed by atoms with Crippen LogP contribution >= 0.6 is 39.1 Å². The molecule has 2 atom stereocenters. The molecular weight excluding hydrogens is 348 g/mol. The van der Waals surface area contributed by atoms with E-state index in [1.165, 1.54) is 0 Å². The number of halogens is 4. The minimum Gasteiger partial charge on any atom is -0.386 e. The van der Waals surface area contributed by atoms with E-state index in [0.717, 1.165) is 4.47 Å². The zero-order valence-corrected chi connectivity index (χ0v) is 12.2. The number of hydrogen-bond donors (Lipinski definition) is 2. The standard InChI is InChI=1S/C11H11BrCl2FNO2/c12-7-3-1-6(2-4-7)9(17)8(5-15)16-11(18)10(13)14/h1-4,8-10,17H,5H2,(H,16,18). The second-order valence-corrected chi connectivity index (χ2v) is 5.58. The summed E-state index contributed by atoms with van der Waals surface area (Å²) in [7, 11) is 0. The van der Waals surface area contributed by atoms with Gasteiger partial charge < -0.3 is 10.4 Å². The lowest BCUT2D eigenvalue weighted by Gasteiger charge is -2.22. The van der Waals surface area contributed by atoms with E-state index < -0.39 is 29.6 Å². The van der Waals surface area contributed by atoms with Crippen LogP contribution in [0.5, 0.6) is 0 Å². The number of amides is 1. The van der Waals surface area contributed by atoms with Gasteiger partial charge in [-0.05, 0) is 17.7 Å². The van der Waals surface area contributed by atoms with Crippen molar-refractivity contribution < 1.29 is 14.3 Å². The molecule has 2 N–H and O–H groups in total. The predicted molar refractivity (Wildman–Crippen MR) is 72.5 cm³/mol. The molecule has 0 heterocycles. The molecule has 1 rings (SSSR count). The molecule has 18 heavy (non-hydrogen) atoms. The minimum absolute atomic E-state index is 0.488.